The van der Waals surface area contributed by atoms with Crippen LogP contribution in [-0.4, -0.2) is 9.78 Å². The molecule has 2 aromatic rings. The van der Waals surface area contributed by atoms with E-state index in [-0.39, 0.29) is 0 Å². The highest BCUT2D eigenvalue weighted by atomic mass is 35.5. The number of halogens is 1. The molecule has 0 fully saturated rings. The number of hydrogen-bond donors (Lipinski definition) is 0. The van der Waals surface area contributed by atoms with Crippen LogP contribution in [0.25, 0.3) is 11.1 Å². The molecule has 0 N–H and O–H groups in total. The topological polar surface area (TPSA) is 41.6 Å². The molecule has 0 saturated heterocycles. The van der Waals surface area contributed by atoms with Gasteiger partial charge in [0.05, 0.1) is 17.8 Å². The van der Waals surface area contributed by atoms with Crippen LogP contribution >= 0.6 is 11.6 Å². The van der Waals surface area contributed by atoms with Gasteiger partial charge < -0.3 is 0 Å². The van der Waals surface area contributed by atoms with E-state index in [2.05, 4.69) is 18.1 Å². The zero-order valence-electron chi connectivity index (χ0n) is 10.2. The van der Waals surface area contributed by atoms with Gasteiger partial charge in [-0.25, -0.2) is 0 Å². The van der Waals surface area contributed by atoms with E-state index in [1.54, 1.807) is 6.07 Å². The number of aromatic nitrogens is 2. The van der Waals surface area contributed by atoms with Crippen molar-refractivity contribution in [2.45, 2.75) is 26.3 Å². The maximum atomic E-state index is 8.93. The van der Waals surface area contributed by atoms with Crippen molar-refractivity contribution in [3.05, 3.63) is 41.2 Å². The Balaban J connectivity index is 2.28. The Morgan fingerprint density at radius 1 is 1.33 bits per heavy atom. The molecule has 1 heterocycles. The van der Waals surface area contributed by atoms with Crippen LogP contribution in [0, 0.1) is 11.3 Å². The van der Waals surface area contributed by atoms with Gasteiger partial charge in [-0.1, -0.05) is 24.9 Å². The first-order chi connectivity index (χ1) is 8.72. The van der Waals surface area contributed by atoms with Gasteiger partial charge in [0, 0.05) is 23.3 Å². The molecular weight excluding hydrogens is 246 g/mol. The molecule has 18 heavy (non-hydrogen) atoms. The SMILES string of the molecule is CCCCn1cc(-c2cc(Cl)cc(C#N)c2)cn1. The van der Waals surface area contributed by atoms with Crippen LogP contribution in [0.5, 0.6) is 0 Å². The summed E-state index contributed by atoms with van der Waals surface area (Å²) in [6, 6.07) is 7.44. The Hall–Kier alpha value is -1.79. The van der Waals surface area contributed by atoms with Crippen molar-refractivity contribution in [2.75, 3.05) is 0 Å². The lowest BCUT2D eigenvalue weighted by Crippen LogP contribution is -1.96. The minimum atomic E-state index is 0.568. The first kappa shape index (κ1) is 12.7. The van der Waals surface area contributed by atoms with Crippen LogP contribution in [-0.2, 0) is 6.54 Å². The molecule has 0 saturated carbocycles. The number of nitrogens with zero attached hydrogens (tertiary/aromatic N) is 3. The number of nitriles is 1. The van der Waals surface area contributed by atoms with Gasteiger partial charge in [0.15, 0.2) is 0 Å². The number of rotatable bonds is 4. The minimum absolute atomic E-state index is 0.568. The van der Waals surface area contributed by atoms with E-state index in [9.17, 15) is 0 Å². The summed E-state index contributed by atoms with van der Waals surface area (Å²) in [5, 5.41) is 13.8. The molecule has 0 radical (unpaired) electrons. The zero-order chi connectivity index (χ0) is 13.0. The van der Waals surface area contributed by atoms with Gasteiger partial charge >= 0.3 is 0 Å². The molecule has 1 aromatic carbocycles. The van der Waals surface area contributed by atoms with Crippen LogP contribution in [0.2, 0.25) is 5.02 Å². The summed E-state index contributed by atoms with van der Waals surface area (Å²) in [5.41, 5.74) is 2.49. The van der Waals surface area contributed by atoms with Gasteiger partial charge in [0.1, 0.15) is 0 Å². The maximum Gasteiger partial charge on any atom is 0.0992 e. The summed E-state index contributed by atoms with van der Waals surface area (Å²) in [5.74, 6) is 0. The van der Waals surface area contributed by atoms with Crippen molar-refractivity contribution in [3.63, 3.8) is 0 Å². The van der Waals surface area contributed by atoms with Crippen molar-refractivity contribution in [1.82, 2.24) is 9.78 Å². The molecule has 92 valence electrons. The van der Waals surface area contributed by atoms with Crippen molar-refractivity contribution in [2.24, 2.45) is 0 Å². The Kier molecular flexibility index (Phi) is 4.01. The van der Waals surface area contributed by atoms with E-state index in [0.29, 0.717) is 10.6 Å². The summed E-state index contributed by atoms with van der Waals surface area (Å²) in [6.45, 7) is 3.07. The summed E-state index contributed by atoms with van der Waals surface area (Å²) in [4.78, 5) is 0. The Labute approximate surface area is 112 Å². The second kappa shape index (κ2) is 5.70. The Morgan fingerprint density at radius 3 is 2.89 bits per heavy atom. The fraction of sp³-hybridized carbons (Fsp3) is 0.286. The third-order valence-electron chi connectivity index (χ3n) is 2.73. The number of unbranched alkanes of at least 4 members (excludes halogenated alkanes) is 1. The molecule has 2 rings (SSSR count). The molecule has 0 unspecified atom stereocenters. The predicted molar refractivity (Wildman–Crippen MR) is 72.3 cm³/mol. The molecule has 3 nitrogen and oxygen atoms in total. The van der Waals surface area contributed by atoms with Crippen molar-refractivity contribution in [3.8, 4) is 17.2 Å². The van der Waals surface area contributed by atoms with E-state index >= 15 is 0 Å². The quantitative estimate of drug-likeness (QED) is 0.836. The Morgan fingerprint density at radius 2 is 2.17 bits per heavy atom. The van der Waals surface area contributed by atoms with Crippen LogP contribution in [0.3, 0.4) is 0 Å². The first-order valence-corrected chi connectivity index (χ1v) is 6.34. The highest BCUT2D eigenvalue weighted by Gasteiger charge is 2.05. The lowest BCUT2D eigenvalue weighted by atomic mass is 10.1. The molecule has 0 aliphatic heterocycles. The van der Waals surface area contributed by atoms with E-state index in [0.717, 1.165) is 30.5 Å². The normalized spacial score (nSPS) is 10.3. The van der Waals surface area contributed by atoms with Crippen LogP contribution in [0.4, 0.5) is 0 Å². The second-order valence-electron chi connectivity index (χ2n) is 4.19. The fourth-order valence-electron chi connectivity index (χ4n) is 1.78. The molecule has 0 amide bonds. The molecule has 0 aliphatic carbocycles. The number of benzene rings is 1. The fourth-order valence-corrected chi connectivity index (χ4v) is 2.01. The van der Waals surface area contributed by atoms with E-state index in [4.69, 9.17) is 16.9 Å². The minimum Gasteiger partial charge on any atom is -0.272 e. The zero-order valence-corrected chi connectivity index (χ0v) is 11.0. The Bertz CT molecular complexity index is 581. The highest BCUT2D eigenvalue weighted by Crippen LogP contribution is 2.24. The highest BCUT2D eigenvalue weighted by molar-refractivity contribution is 6.31. The molecular formula is C14H14ClN3. The third-order valence-corrected chi connectivity index (χ3v) is 2.95. The largest absolute Gasteiger partial charge is 0.272 e. The van der Waals surface area contributed by atoms with Gasteiger partial charge in [-0.2, -0.15) is 10.4 Å². The van der Waals surface area contributed by atoms with E-state index < -0.39 is 0 Å². The summed E-state index contributed by atoms with van der Waals surface area (Å²) < 4.78 is 1.92. The van der Waals surface area contributed by atoms with E-state index in [1.165, 1.54) is 0 Å². The molecule has 1 aromatic heterocycles. The molecule has 0 aliphatic rings. The van der Waals surface area contributed by atoms with Gasteiger partial charge in [0.25, 0.3) is 0 Å². The lowest BCUT2D eigenvalue weighted by molar-refractivity contribution is 0.572. The number of aryl methyl sites for hydroxylation is 1. The molecule has 4 heteroatoms. The standard InChI is InChI=1S/C14H14ClN3/c1-2-3-4-18-10-13(9-17-18)12-5-11(8-16)6-14(15)7-12/h5-7,9-10H,2-4H2,1H3. The van der Waals surface area contributed by atoms with Crippen molar-refractivity contribution < 1.29 is 0 Å². The van der Waals surface area contributed by atoms with Crippen LogP contribution in [0.15, 0.2) is 30.6 Å². The van der Waals surface area contributed by atoms with Crippen molar-refractivity contribution >= 4 is 11.6 Å². The van der Waals surface area contributed by atoms with Gasteiger partial charge in [-0.05, 0) is 30.2 Å². The first-order valence-electron chi connectivity index (χ1n) is 5.96. The molecule has 0 bridgehead atoms. The number of hydrogen-bond acceptors (Lipinski definition) is 2. The van der Waals surface area contributed by atoms with Crippen LogP contribution in [0.1, 0.15) is 25.3 Å². The van der Waals surface area contributed by atoms with Gasteiger partial charge in [-0.15, -0.1) is 0 Å². The van der Waals surface area contributed by atoms with Crippen LogP contribution < -0.4 is 0 Å². The smallest absolute Gasteiger partial charge is 0.0992 e. The summed E-state index contributed by atoms with van der Waals surface area (Å²) >= 11 is 5.99. The summed E-state index contributed by atoms with van der Waals surface area (Å²) in [6.07, 6.45) is 6.05. The monoisotopic (exact) mass is 259 g/mol. The lowest BCUT2D eigenvalue weighted by Gasteiger charge is -2.00. The third kappa shape index (κ3) is 2.91. The van der Waals surface area contributed by atoms with Gasteiger partial charge in [0.2, 0.25) is 0 Å². The van der Waals surface area contributed by atoms with Crippen molar-refractivity contribution in [1.29, 1.82) is 5.26 Å². The maximum absolute atomic E-state index is 8.93. The summed E-state index contributed by atoms with van der Waals surface area (Å²) in [7, 11) is 0. The van der Waals surface area contributed by atoms with E-state index in [1.807, 2.05) is 29.2 Å². The molecule has 0 spiro atoms. The molecule has 0 atom stereocenters. The van der Waals surface area contributed by atoms with Gasteiger partial charge in [-0.3, -0.25) is 4.68 Å². The average molecular weight is 260 g/mol. The average Bonchev–Trinajstić information content (AvgIpc) is 2.84. The second-order valence-corrected chi connectivity index (χ2v) is 4.62. The predicted octanol–water partition coefficient (Wildman–Crippen LogP) is 3.88.